The van der Waals surface area contributed by atoms with E-state index in [9.17, 15) is 13.2 Å². The molecule has 0 unspecified atom stereocenters. The van der Waals surface area contributed by atoms with Gasteiger partial charge in [0.25, 0.3) is 0 Å². The van der Waals surface area contributed by atoms with Crippen LogP contribution in [0.2, 0.25) is 0 Å². The first-order chi connectivity index (χ1) is 7.28. The van der Waals surface area contributed by atoms with Crippen molar-refractivity contribution in [1.29, 1.82) is 0 Å². The van der Waals surface area contributed by atoms with Crippen molar-refractivity contribution in [3.63, 3.8) is 0 Å². The quantitative estimate of drug-likeness (QED) is 0.614. The van der Waals surface area contributed by atoms with Crippen LogP contribution in [-0.4, -0.2) is 7.05 Å². The molecule has 1 aromatic carbocycles. The molecular formula is C12H12F3N. The smallest absolute Gasteiger partial charge is 0.196 e. The first-order valence-electron chi connectivity index (χ1n) is 4.89. The highest BCUT2D eigenvalue weighted by atomic mass is 19.2. The fourth-order valence-corrected chi connectivity index (χ4v) is 2.10. The maximum Gasteiger partial charge on any atom is 0.196 e. The molecule has 0 saturated carbocycles. The van der Waals surface area contributed by atoms with Crippen LogP contribution in [0, 0.1) is 17.5 Å². The van der Waals surface area contributed by atoms with Gasteiger partial charge >= 0.3 is 0 Å². The van der Waals surface area contributed by atoms with Crippen LogP contribution in [0.5, 0.6) is 0 Å². The Balaban J connectivity index is 2.83. The molecule has 1 heterocycles. The van der Waals surface area contributed by atoms with Crippen LogP contribution in [0.25, 0.3) is 0 Å². The molecule has 86 valence electrons. The van der Waals surface area contributed by atoms with Crippen LogP contribution in [0.1, 0.15) is 19.4 Å². The molecule has 0 atom stereocenters. The number of allylic oxidation sites excluding steroid dienone is 1. The average Bonchev–Trinajstić information content (AvgIpc) is 2.37. The Hall–Kier alpha value is -1.45. The van der Waals surface area contributed by atoms with E-state index in [1.807, 2.05) is 0 Å². The summed E-state index contributed by atoms with van der Waals surface area (Å²) in [6, 6.07) is 1.04. The van der Waals surface area contributed by atoms with Gasteiger partial charge in [-0.3, -0.25) is 0 Å². The van der Waals surface area contributed by atoms with Crippen LogP contribution >= 0.6 is 0 Å². The highest BCUT2D eigenvalue weighted by Crippen LogP contribution is 2.48. The number of fused-ring (bicyclic) bond motifs is 1. The highest BCUT2D eigenvalue weighted by Gasteiger charge is 2.41. The van der Waals surface area contributed by atoms with Gasteiger partial charge in [-0.05, 0) is 11.6 Å². The molecule has 1 nitrogen and oxygen atoms in total. The molecule has 0 fully saturated rings. The first kappa shape index (κ1) is 11.0. The molecular weight excluding hydrogens is 215 g/mol. The fourth-order valence-electron chi connectivity index (χ4n) is 2.10. The zero-order valence-electron chi connectivity index (χ0n) is 9.37. The number of benzene rings is 1. The molecule has 1 aromatic rings. The van der Waals surface area contributed by atoms with Crippen molar-refractivity contribution in [2.75, 3.05) is 11.9 Å². The Bertz CT molecular complexity index is 492. The summed E-state index contributed by atoms with van der Waals surface area (Å²) in [6.45, 7) is 7.42. The molecule has 4 heteroatoms. The number of rotatable bonds is 0. The molecule has 0 spiro atoms. The van der Waals surface area contributed by atoms with Crippen LogP contribution in [0.4, 0.5) is 18.9 Å². The lowest BCUT2D eigenvalue weighted by molar-refractivity contribution is 0.446. The van der Waals surface area contributed by atoms with Gasteiger partial charge in [0, 0.05) is 18.2 Å². The van der Waals surface area contributed by atoms with Gasteiger partial charge in [-0.15, -0.1) is 0 Å². The van der Waals surface area contributed by atoms with Crippen LogP contribution in [-0.2, 0) is 5.41 Å². The van der Waals surface area contributed by atoms with Gasteiger partial charge in [0.2, 0.25) is 0 Å². The second-order valence-electron chi connectivity index (χ2n) is 4.51. The Morgan fingerprint density at radius 1 is 1.19 bits per heavy atom. The monoisotopic (exact) mass is 227 g/mol. The van der Waals surface area contributed by atoms with Crippen molar-refractivity contribution in [1.82, 2.24) is 0 Å². The lowest BCUT2D eigenvalue weighted by atomic mass is 9.84. The molecule has 0 saturated heterocycles. The lowest BCUT2D eigenvalue weighted by Crippen LogP contribution is -2.21. The third-order valence-corrected chi connectivity index (χ3v) is 3.27. The number of nitrogens with zero attached hydrogens (tertiary/aromatic N) is 1. The van der Waals surface area contributed by atoms with E-state index < -0.39 is 22.9 Å². The van der Waals surface area contributed by atoms with E-state index in [-0.39, 0.29) is 5.69 Å². The Kier molecular flexibility index (Phi) is 2.09. The second kappa shape index (κ2) is 3.03. The van der Waals surface area contributed by atoms with Crippen LogP contribution in [0.15, 0.2) is 18.3 Å². The fraction of sp³-hybridized carbons (Fsp3) is 0.333. The summed E-state index contributed by atoms with van der Waals surface area (Å²) in [4.78, 5) is 1.47. The number of hydrogen-bond donors (Lipinski definition) is 0. The van der Waals surface area contributed by atoms with Gasteiger partial charge in [-0.2, -0.15) is 0 Å². The van der Waals surface area contributed by atoms with Gasteiger partial charge in [0.05, 0.1) is 5.69 Å². The summed E-state index contributed by atoms with van der Waals surface area (Å²) in [5, 5.41) is 0. The molecule has 16 heavy (non-hydrogen) atoms. The molecule has 0 aliphatic carbocycles. The number of likely N-dealkylation sites (N-methyl/N-ethyl adjacent to an activating group) is 1. The highest BCUT2D eigenvalue weighted by molar-refractivity contribution is 5.70. The average molecular weight is 227 g/mol. The second-order valence-corrected chi connectivity index (χ2v) is 4.51. The van der Waals surface area contributed by atoms with E-state index in [1.165, 1.54) is 4.90 Å². The van der Waals surface area contributed by atoms with Gasteiger partial charge in [-0.25, -0.2) is 13.2 Å². The largest absolute Gasteiger partial charge is 0.345 e. The van der Waals surface area contributed by atoms with Crippen molar-refractivity contribution < 1.29 is 13.2 Å². The minimum atomic E-state index is -1.43. The molecule has 0 aromatic heterocycles. The van der Waals surface area contributed by atoms with E-state index in [2.05, 4.69) is 6.58 Å². The van der Waals surface area contributed by atoms with E-state index in [4.69, 9.17) is 0 Å². The molecule has 1 aliphatic rings. The normalized spacial score (nSPS) is 17.9. The van der Waals surface area contributed by atoms with Gasteiger partial charge in [-0.1, -0.05) is 20.4 Å². The van der Waals surface area contributed by atoms with Crippen molar-refractivity contribution >= 4 is 5.69 Å². The molecule has 0 N–H and O–H groups in total. The maximum absolute atomic E-state index is 13.6. The predicted molar refractivity (Wildman–Crippen MR) is 56.9 cm³/mol. The third kappa shape index (κ3) is 1.13. The zero-order valence-corrected chi connectivity index (χ0v) is 9.37. The maximum atomic E-state index is 13.6. The van der Waals surface area contributed by atoms with E-state index >= 15 is 0 Å². The minimum absolute atomic E-state index is 0.0777. The van der Waals surface area contributed by atoms with Crippen molar-refractivity contribution in [3.8, 4) is 0 Å². The summed E-state index contributed by atoms with van der Waals surface area (Å²) in [6.07, 6.45) is 0. The number of hydrogen-bond acceptors (Lipinski definition) is 1. The molecule has 0 radical (unpaired) electrons. The van der Waals surface area contributed by atoms with Crippen LogP contribution < -0.4 is 4.90 Å². The van der Waals surface area contributed by atoms with Crippen molar-refractivity contribution in [2.24, 2.45) is 0 Å². The number of halogens is 3. The van der Waals surface area contributed by atoms with Crippen molar-refractivity contribution in [3.05, 3.63) is 41.4 Å². The topological polar surface area (TPSA) is 3.24 Å². The lowest BCUT2D eigenvalue weighted by Gasteiger charge is -2.22. The van der Waals surface area contributed by atoms with Gasteiger partial charge in [0.1, 0.15) is 0 Å². The molecule has 1 aliphatic heterocycles. The van der Waals surface area contributed by atoms with E-state index in [0.29, 0.717) is 11.3 Å². The summed E-state index contributed by atoms with van der Waals surface area (Å²) in [5.41, 5.74) is 0.538. The predicted octanol–water partition coefficient (Wildman–Crippen LogP) is 3.35. The van der Waals surface area contributed by atoms with Crippen molar-refractivity contribution in [2.45, 2.75) is 19.3 Å². The molecule has 0 bridgehead atoms. The first-order valence-corrected chi connectivity index (χ1v) is 4.89. The van der Waals surface area contributed by atoms with Gasteiger partial charge in [0.15, 0.2) is 17.5 Å². The van der Waals surface area contributed by atoms with E-state index in [1.54, 1.807) is 20.9 Å². The minimum Gasteiger partial charge on any atom is -0.345 e. The summed E-state index contributed by atoms with van der Waals surface area (Å²) in [7, 11) is 1.59. The SMILES string of the molecule is C=C1N(C)c2c(cc(F)c(F)c2F)C1(C)C. The van der Waals surface area contributed by atoms with Gasteiger partial charge < -0.3 is 4.90 Å². The standard InChI is InChI=1S/C12H12F3N/c1-6-12(2,3)7-5-8(13)9(14)10(15)11(7)16(6)4/h5H,1H2,2-4H3. The Labute approximate surface area is 92.2 Å². The Morgan fingerprint density at radius 3 is 2.31 bits per heavy atom. The summed E-state index contributed by atoms with van der Waals surface area (Å²) < 4.78 is 39.9. The van der Waals surface area contributed by atoms with E-state index in [0.717, 1.165) is 6.07 Å². The molecule has 2 rings (SSSR count). The summed E-state index contributed by atoms with van der Waals surface area (Å²) >= 11 is 0. The number of anilines is 1. The molecule has 0 amide bonds. The third-order valence-electron chi connectivity index (χ3n) is 3.27. The summed E-state index contributed by atoms with van der Waals surface area (Å²) in [5.74, 6) is -3.74. The zero-order chi connectivity index (χ0) is 12.2. The van der Waals surface area contributed by atoms with Crippen LogP contribution in [0.3, 0.4) is 0 Å². The Morgan fingerprint density at radius 2 is 1.75 bits per heavy atom.